The average molecular weight is 320 g/mol. The molecule has 0 fully saturated rings. The molecule has 0 unspecified atom stereocenters. The second-order valence-corrected chi connectivity index (χ2v) is 4.24. The fourth-order valence-corrected chi connectivity index (χ4v) is 1.81. The van der Waals surface area contributed by atoms with Gasteiger partial charge in [-0.15, -0.1) is 11.6 Å². The molecule has 118 valence electrons. The molecule has 0 heterocycles. The van der Waals surface area contributed by atoms with Crippen LogP contribution in [0.2, 0.25) is 0 Å². The molecular weight excluding hydrogens is 302 g/mol. The largest absolute Gasteiger partial charge is 0.493 e. The molecule has 1 rings (SSSR count). The minimum absolute atomic E-state index is 0.0209. The topological polar surface area (TPSA) is 80.1 Å². The van der Waals surface area contributed by atoms with Crippen molar-refractivity contribution in [3.05, 3.63) is 27.8 Å². The first-order chi connectivity index (χ1) is 10.1. The predicted octanol–water partition coefficient (Wildman–Crippen LogP) is 2.38. The van der Waals surface area contributed by atoms with E-state index in [0.717, 1.165) is 0 Å². The maximum absolute atomic E-state index is 11.0. The summed E-state index contributed by atoms with van der Waals surface area (Å²) >= 11 is 5.70. The van der Waals surface area contributed by atoms with Crippen LogP contribution < -0.4 is 9.47 Å². The number of rotatable bonds is 10. The summed E-state index contributed by atoms with van der Waals surface area (Å²) in [6.07, 6.45) is 0. The number of nitro groups is 1. The van der Waals surface area contributed by atoms with Crippen molar-refractivity contribution in [2.75, 3.05) is 40.6 Å². The highest BCUT2D eigenvalue weighted by Gasteiger charge is 2.19. The lowest BCUT2D eigenvalue weighted by Crippen LogP contribution is -2.10. The number of methoxy groups -OCH3 is 2. The summed E-state index contributed by atoms with van der Waals surface area (Å²) in [7, 11) is 3.05. The van der Waals surface area contributed by atoms with Crippen molar-refractivity contribution in [3.8, 4) is 11.5 Å². The molecule has 7 nitrogen and oxygen atoms in total. The molecular formula is C13H18ClNO6. The van der Waals surface area contributed by atoms with Crippen LogP contribution in [0.1, 0.15) is 5.56 Å². The molecule has 0 amide bonds. The molecule has 1 aromatic carbocycles. The Balaban J connectivity index is 2.71. The number of nitro benzene ring substituents is 1. The highest BCUT2D eigenvalue weighted by Crippen LogP contribution is 2.35. The van der Waals surface area contributed by atoms with Crippen molar-refractivity contribution in [2.45, 2.75) is 5.88 Å². The molecule has 1 aromatic rings. The fourth-order valence-electron chi connectivity index (χ4n) is 1.60. The van der Waals surface area contributed by atoms with Gasteiger partial charge < -0.3 is 18.9 Å². The Morgan fingerprint density at radius 3 is 2.43 bits per heavy atom. The zero-order valence-corrected chi connectivity index (χ0v) is 12.7. The summed E-state index contributed by atoms with van der Waals surface area (Å²) in [4.78, 5) is 10.5. The van der Waals surface area contributed by atoms with Gasteiger partial charge >= 0.3 is 0 Å². The summed E-state index contributed by atoms with van der Waals surface area (Å²) in [5, 5.41) is 11.0. The molecule has 0 N–H and O–H groups in total. The zero-order valence-electron chi connectivity index (χ0n) is 12.0. The van der Waals surface area contributed by atoms with E-state index in [-0.39, 0.29) is 23.9 Å². The monoisotopic (exact) mass is 319 g/mol. The number of ether oxygens (including phenoxy) is 4. The summed E-state index contributed by atoms with van der Waals surface area (Å²) in [6, 6.07) is 2.82. The van der Waals surface area contributed by atoms with Gasteiger partial charge in [0.2, 0.25) is 0 Å². The quantitative estimate of drug-likeness (QED) is 0.285. The molecule has 0 radical (unpaired) electrons. The summed E-state index contributed by atoms with van der Waals surface area (Å²) in [5.74, 6) is 0.703. The Morgan fingerprint density at radius 2 is 1.86 bits per heavy atom. The first-order valence-electron chi connectivity index (χ1n) is 6.24. The van der Waals surface area contributed by atoms with Crippen molar-refractivity contribution >= 4 is 17.3 Å². The van der Waals surface area contributed by atoms with Gasteiger partial charge in [-0.1, -0.05) is 0 Å². The Morgan fingerprint density at radius 1 is 1.14 bits per heavy atom. The van der Waals surface area contributed by atoms with Gasteiger partial charge in [-0.25, -0.2) is 0 Å². The van der Waals surface area contributed by atoms with Gasteiger partial charge in [-0.2, -0.15) is 0 Å². The average Bonchev–Trinajstić information content (AvgIpc) is 2.49. The second kappa shape index (κ2) is 9.38. The van der Waals surface area contributed by atoms with E-state index in [1.165, 1.54) is 19.2 Å². The van der Waals surface area contributed by atoms with Crippen LogP contribution in [0, 0.1) is 10.1 Å². The van der Waals surface area contributed by atoms with Crippen LogP contribution in [0.25, 0.3) is 0 Å². The Labute approximate surface area is 127 Å². The van der Waals surface area contributed by atoms with Crippen LogP contribution in [-0.4, -0.2) is 45.6 Å². The van der Waals surface area contributed by atoms with Gasteiger partial charge in [0.25, 0.3) is 5.69 Å². The van der Waals surface area contributed by atoms with E-state index in [4.69, 9.17) is 30.5 Å². The standard InChI is InChI=1S/C13H18ClNO6/c1-18-3-4-20-5-6-21-13-8-11(15(16)17)10(9-14)7-12(13)19-2/h7-8H,3-6,9H2,1-2H3. The fraction of sp³-hybridized carbons (Fsp3) is 0.538. The lowest BCUT2D eigenvalue weighted by molar-refractivity contribution is -0.385. The molecule has 0 aromatic heterocycles. The molecule has 0 saturated heterocycles. The molecule has 0 aliphatic rings. The minimum atomic E-state index is -0.501. The number of benzene rings is 1. The van der Waals surface area contributed by atoms with Gasteiger partial charge in [-0.3, -0.25) is 10.1 Å². The molecule has 0 spiro atoms. The lowest BCUT2D eigenvalue weighted by Gasteiger charge is -2.12. The normalized spacial score (nSPS) is 10.4. The lowest BCUT2D eigenvalue weighted by atomic mass is 10.2. The van der Waals surface area contributed by atoms with Crippen LogP contribution in [-0.2, 0) is 15.4 Å². The minimum Gasteiger partial charge on any atom is -0.493 e. The van der Waals surface area contributed by atoms with E-state index < -0.39 is 4.92 Å². The van der Waals surface area contributed by atoms with Gasteiger partial charge in [-0.05, 0) is 6.07 Å². The molecule has 8 heteroatoms. The third-order valence-electron chi connectivity index (χ3n) is 2.62. The van der Waals surface area contributed by atoms with Gasteiger partial charge in [0.05, 0.1) is 43.8 Å². The van der Waals surface area contributed by atoms with Gasteiger partial charge in [0.15, 0.2) is 11.5 Å². The first kappa shape index (κ1) is 17.5. The maximum Gasteiger partial charge on any atom is 0.277 e. The van der Waals surface area contributed by atoms with Crippen molar-refractivity contribution < 1.29 is 23.9 Å². The van der Waals surface area contributed by atoms with Crippen LogP contribution in [0.4, 0.5) is 5.69 Å². The number of alkyl halides is 1. The third-order valence-corrected chi connectivity index (χ3v) is 2.91. The van der Waals surface area contributed by atoms with Crippen molar-refractivity contribution in [2.24, 2.45) is 0 Å². The Hall–Kier alpha value is -1.57. The smallest absolute Gasteiger partial charge is 0.277 e. The van der Waals surface area contributed by atoms with Crippen LogP contribution in [0.3, 0.4) is 0 Å². The van der Waals surface area contributed by atoms with E-state index in [1.54, 1.807) is 7.11 Å². The highest BCUT2D eigenvalue weighted by molar-refractivity contribution is 6.17. The number of hydrogen-bond acceptors (Lipinski definition) is 6. The maximum atomic E-state index is 11.0. The number of halogens is 1. The summed E-state index contributed by atoms with van der Waals surface area (Å²) in [5.41, 5.74) is 0.281. The van der Waals surface area contributed by atoms with E-state index in [0.29, 0.717) is 31.1 Å². The predicted molar refractivity (Wildman–Crippen MR) is 77.4 cm³/mol. The molecule has 0 saturated carbocycles. The van der Waals surface area contributed by atoms with Gasteiger partial charge in [0, 0.05) is 12.7 Å². The molecule has 0 bridgehead atoms. The SMILES string of the molecule is COCCOCCOc1cc([N+](=O)[O-])c(CCl)cc1OC. The van der Waals surface area contributed by atoms with Crippen LogP contribution in [0.5, 0.6) is 11.5 Å². The molecule has 0 aliphatic carbocycles. The van der Waals surface area contributed by atoms with E-state index in [1.807, 2.05) is 0 Å². The van der Waals surface area contributed by atoms with Crippen molar-refractivity contribution in [1.29, 1.82) is 0 Å². The summed E-state index contributed by atoms with van der Waals surface area (Å²) < 4.78 is 20.7. The third kappa shape index (κ3) is 5.37. The molecule has 0 aliphatic heterocycles. The summed E-state index contributed by atoms with van der Waals surface area (Å²) in [6.45, 7) is 1.55. The molecule has 0 atom stereocenters. The van der Waals surface area contributed by atoms with Crippen LogP contribution in [0.15, 0.2) is 12.1 Å². The first-order valence-corrected chi connectivity index (χ1v) is 6.78. The Kier molecular flexibility index (Phi) is 7.81. The molecule has 21 heavy (non-hydrogen) atoms. The Bertz CT molecular complexity index is 468. The van der Waals surface area contributed by atoms with E-state index >= 15 is 0 Å². The van der Waals surface area contributed by atoms with E-state index in [9.17, 15) is 10.1 Å². The highest BCUT2D eigenvalue weighted by atomic mass is 35.5. The number of nitrogens with zero attached hydrogens (tertiary/aromatic N) is 1. The van der Waals surface area contributed by atoms with E-state index in [2.05, 4.69) is 0 Å². The van der Waals surface area contributed by atoms with Crippen molar-refractivity contribution in [3.63, 3.8) is 0 Å². The van der Waals surface area contributed by atoms with Gasteiger partial charge in [0.1, 0.15) is 6.61 Å². The van der Waals surface area contributed by atoms with Crippen molar-refractivity contribution in [1.82, 2.24) is 0 Å². The second-order valence-electron chi connectivity index (χ2n) is 3.98. The van der Waals surface area contributed by atoms with Crippen LogP contribution >= 0.6 is 11.6 Å². The number of hydrogen-bond donors (Lipinski definition) is 0. The zero-order chi connectivity index (χ0) is 15.7.